The number of carbonyl (C=O) groups excluding carboxylic acids is 2. The van der Waals surface area contributed by atoms with Crippen molar-refractivity contribution in [1.29, 1.82) is 0 Å². The number of hydrogen-bond acceptors (Lipinski definition) is 10. The Balaban J connectivity index is 1.44. The minimum atomic E-state index is -1.18. The molecule has 238 valence electrons. The molecule has 4 rings (SSSR count). The van der Waals surface area contributed by atoms with Gasteiger partial charge in [0.05, 0.1) is 38.7 Å². The predicted octanol–water partition coefficient (Wildman–Crippen LogP) is 4.56. The lowest BCUT2D eigenvalue weighted by atomic mass is 9.95. The molecule has 0 unspecified atom stereocenters. The van der Waals surface area contributed by atoms with Crippen molar-refractivity contribution in [1.82, 2.24) is 16.1 Å². The van der Waals surface area contributed by atoms with Crippen molar-refractivity contribution >= 4 is 34.1 Å². The van der Waals surface area contributed by atoms with Crippen molar-refractivity contribution in [3.8, 4) is 23.0 Å². The van der Waals surface area contributed by atoms with Gasteiger partial charge >= 0.3 is 12.0 Å². The predicted molar refractivity (Wildman–Crippen MR) is 170 cm³/mol. The first-order valence-corrected chi connectivity index (χ1v) is 14.8. The molecule has 3 aromatic rings. The quantitative estimate of drug-likeness (QED) is 0.0831. The summed E-state index contributed by atoms with van der Waals surface area (Å²) in [5.74, 6) is 1.15. The van der Waals surface area contributed by atoms with Gasteiger partial charge in [-0.05, 0) is 49.2 Å². The van der Waals surface area contributed by atoms with Gasteiger partial charge in [0.2, 0.25) is 0 Å². The first-order valence-electron chi connectivity index (χ1n) is 14.0. The number of ether oxygens (including phenoxy) is 5. The Morgan fingerprint density at radius 1 is 1.07 bits per heavy atom. The van der Waals surface area contributed by atoms with Crippen LogP contribution in [0, 0.1) is 0 Å². The highest BCUT2D eigenvalue weighted by molar-refractivity contribution is 9.10. The highest BCUT2D eigenvalue weighted by atomic mass is 79.9. The van der Waals surface area contributed by atoms with Crippen molar-refractivity contribution in [2.75, 3.05) is 27.4 Å². The fourth-order valence-electron chi connectivity index (χ4n) is 4.54. The fourth-order valence-corrected chi connectivity index (χ4v) is 4.99. The number of rotatable bonds is 14. The number of hydrazone groups is 1. The van der Waals surface area contributed by atoms with Crippen LogP contribution < -0.4 is 35.0 Å². The minimum Gasteiger partial charge on any atom is -0.493 e. The van der Waals surface area contributed by atoms with Gasteiger partial charge in [-0.1, -0.05) is 52.3 Å². The molecule has 0 radical (unpaired) electrons. The summed E-state index contributed by atoms with van der Waals surface area (Å²) in [5.41, 5.74) is 5.49. The Hall–Kier alpha value is -4.75. The van der Waals surface area contributed by atoms with Crippen LogP contribution in [0.3, 0.4) is 0 Å². The molecule has 4 N–H and O–H groups in total. The zero-order chi connectivity index (χ0) is 32.3. The number of halogens is 1. The van der Waals surface area contributed by atoms with Gasteiger partial charge in [0, 0.05) is 15.7 Å². The van der Waals surface area contributed by atoms with E-state index in [4.69, 9.17) is 23.7 Å². The molecule has 0 fully saturated rings. The van der Waals surface area contributed by atoms with Gasteiger partial charge in [-0.3, -0.25) is 5.43 Å². The van der Waals surface area contributed by atoms with E-state index in [9.17, 15) is 14.7 Å². The summed E-state index contributed by atoms with van der Waals surface area (Å²) in [6.07, 6.45) is 0.331. The first kappa shape index (κ1) is 33.1. The molecule has 12 nitrogen and oxygen atoms in total. The SMILES string of the molecule is CCOc1cc([C@@H]2NC(=O)NC(C)=C2C(=O)OC)ccc1OC[C@@H](O)N/N=C/c1cc(Br)cc(OC)c1OCc1ccccc1. The maximum absolute atomic E-state index is 12.5. The summed E-state index contributed by atoms with van der Waals surface area (Å²) in [7, 11) is 2.83. The average Bonchev–Trinajstić information content (AvgIpc) is 3.03. The van der Waals surface area contributed by atoms with Gasteiger partial charge in [0.25, 0.3) is 0 Å². The van der Waals surface area contributed by atoms with Crippen molar-refractivity contribution < 1.29 is 38.4 Å². The number of methoxy groups -OCH3 is 2. The number of nitrogens with zero attached hydrogens (tertiary/aromatic N) is 1. The molecule has 0 saturated heterocycles. The maximum atomic E-state index is 12.5. The van der Waals surface area contributed by atoms with Gasteiger partial charge in [-0.2, -0.15) is 5.10 Å². The molecule has 0 spiro atoms. The van der Waals surface area contributed by atoms with Crippen LogP contribution in [-0.4, -0.2) is 57.0 Å². The van der Waals surface area contributed by atoms with E-state index in [0.717, 1.165) is 10.0 Å². The topological polar surface area (TPSA) is 149 Å². The van der Waals surface area contributed by atoms with Crippen LogP contribution in [0.5, 0.6) is 23.0 Å². The van der Waals surface area contributed by atoms with Crippen LogP contribution in [0.4, 0.5) is 4.79 Å². The number of aliphatic hydroxyl groups excluding tert-OH is 1. The Bertz CT molecular complexity index is 1560. The number of esters is 1. The van der Waals surface area contributed by atoms with E-state index in [1.807, 2.05) is 43.3 Å². The Labute approximate surface area is 269 Å². The number of benzene rings is 3. The largest absolute Gasteiger partial charge is 0.493 e. The van der Waals surface area contributed by atoms with Gasteiger partial charge < -0.3 is 39.4 Å². The second kappa shape index (κ2) is 15.8. The lowest BCUT2D eigenvalue weighted by Gasteiger charge is -2.28. The number of hydrogen-bond donors (Lipinski definition) is 4. The van der Waals surface area contributed by atoms with Crippen LogP contribution in [-0.2, 0) is 16.1 Å². The number of urea groups is 1. The lowest BCUT2D eigenvalue weighted by Crippen LogP contribution is -2.45. The molecular formula is C32H35BrN4O8. The van der Waals surface area contributed by atoms with E-state index in [0.29, 0.717) is 53.0 Å². The summed E-state index contributed by atoms with van der Waals surface area (Å²) in [4.78, 5) is 24.6. The van der Waals surface area contributed by atoms with E-state index in [-0.39, 0.29) is 12.2 Å². The molecule has 0 aromatic heterocycles. The van der Waals surface area contributed by atoms with Crippen molar-refractivity contribution in [3.05, 3.63) is 93.1 Å². The average molecular weight is 684 g/mol. The standard InChI is InChI=1S/C32H35BrN4O8/c1-5-43-25-14-21(29-28(31(39)42-4)19(2)35-32(40)36-29)11-12-24(25)44-18-27(38)37-34-16-22-13-23(33)15-26(41-3)30(22)45-17-20-9-7-6-8-10-20/h6-16,27,29,37-38H,5,17-18H2,1-4H3,(H2,35,36,40)/b34-16+/t27-,29+/m1/s1. The Morgan fingerprint density at radius 3 is 2.56 bits per heavy atom. The van der Waals surface area contributed by atoms with E-state index in [1.54, 1.807) is 38.3 Å². The second-order valence-electron chi connectivity index (χ2n) is 9.72. The number of nitrogens with one attached hydrogen (secondary N) is 3. The molecule has 1 aliphatic heterocycles. The molecule has 45 heavy (non-hydrogen) atoms. The smallest absolute Gasteiger partial charge is 0.337 e. The summed E-state index contributed by atoms with van der Waals surface area (Å²) in [5, 5.41) is 20.1. The maximum Gasteiger partial charge on any atom is 0.337 e. The number of aliphatic hydroxyl groups is 1. The van der Waals surface area contributed by atoms with E-state index < -0.39 is 24.3 Å². The lowest BCUT2D eigenvalue weighted by molar-refractivity contribution is -0.136. The van der Waals surface area contributed by atoms with Crippen molar-refractivity contribution in [3.63, 3.8) is 0 Å². The molecule has 0 bridgehead atoms. The number of allylic oxidation sites excluding steroid dienone is 1. The third-order valence-electron chi connectivity index (χ3n) is 6.59. The highest BCUT2D eigenvalue weighted by Gasteiger charge is 2.32. The molecule has 0 saturated carbocycles. The fraction of sp³-hybridized carbons (Fsp3) is 0.281. The molecule has 2 atom stereocenters. The zero-order valence-electron chi connectivity index (χ0n) is 25.3. The van der Waals surface area contributed by atoms with Gasteiger partial charge in [-0.25, -0.2) is 9.59 Å². The molecule has 1 heterocycles. The van der Waals surface area contributed by atoms with Crippen LogP contribution in [0.25, 0.3) is 0 Å². The van der Waals surface area contributed by atoms with Gasteiger partial charge in [0.1, 0.15) is 13.2 Å². The number of amides is 2. The minimum absolute atomic E-state index is 0.174. The third kappa shape index (κ3) is 8.67. The molecule has 2 amide bonds. The van der Waals surface area contributed by atoms with Gasteiger partial charge in [-0.15, -0.1) is 0 Å². The normalized spacial score (nSPS) is 15.2. The first-order chi connectivity index (χ1) is 21.7. The second-order valence-corrected chi connectivity index (χ2v) is 10.6. The van der Waals surface area contributed by atoms with Crippen LogP contribution in [0.2, 0.25) is 0 Å². The molecule has 0 aliphatic carbocycles. The zero-order valence-corrected chi connectivity index (χ0v) is 26.8. The highest BCUT2D eigenvalue weighted by Crippen LogP contribution is 2.36. The summed E-state index contributed by atoms with van der Waals surface area (Å²) < 4.78 is 28.9. The van der Waals surface area contributed by atoms with Crippen molar-refractivity contribution in [2.24, 2.45) is 5.10 Å². The number of carbonyl (C=O) groups is 2. The molecule has 13 heteroatoms. The van der Waals surface area contributed by atoms with Crippen LogP contribution in [0.1, 0.15) is 36.6 Å². The molecule has 1 aliphatic rings. The van der Waals surface area contributed by atoms with E-state index in [2.05, 4.69) is 37.1 Å². The molecule has 3 aromatic carbocycles. The Morgan fingerprint density at radius 2 is 1.84 bits per heavy atom. The van der Waals surface area contributed by atoms with E-state index in [1.165, 1.54) is 13.3 Å². The summed E-state index contributed by atoms with van der Waals surface area (Å²) in [6.45, 7) is 3.92. The molecular weight excluding hydrogens is 648 g/mol. The van der Waals surface area contributed by atoms with Crippen molar-refractivity contribution in [2.45, 2.75) is 32.7 Å². The monoisotopic (exact) mass is 682 g/mol. The van der Waals surface area contributed by atoms with Crippen LogP contribution in [0.15, 0.2) is 81.5 Å². The summed E-state index contributed by atoms with van der Waals surface area (Å²) in [6, 6.07) is 17.1. The third-order valence-corrected chi connectivity index (χ3v) is 7.05. The van der Waals surface area contributed by atoms with E-state index >= 15 is 0 Å². The Kier molecular flexibility index (Phi) is 11.7. The summed E-state index contributed by atoms with van der Waals surface area (Å²) >= 11 is 3.48. The van der Waals surface area contributed by atoms with Gasteiger partial charge in [0.15, 0.2) is 29.2 Å². The van der Waals surface area contributed by atoms with Crippen LogP contribution >= 0.6 is 15.9 Å².